The predicted molar refractivity (Wildman–Crippen MR) is 142 cm³/mol. The average molecular weight is 493 g/mol. The first-order valence-corrected chi connectivity index (χ1v) is 13.3. The van der Waals surface area contributed by atoms with E-state index in [0.29, 0.717) is 18.1 Å². The maximum Gasteiger partial charge on any atom is 0.231 e. The van der Waals surface area contributed by atoms with E-state index < -0.39 is 0 Å². The fourth-order valence-corrected chi connectivity index (χ4v) is 6.90. The zero-order chi connectivity index (χ0) is 26.2. The molecule has 0 unspecified atom stereocenters. The van der Waals surface area contributed by atoms with Crippen molar-refractivity contribution in [2.75, 3.05) is 34.5 Å². The smallest absolute Gasteiger partial charge is 0.231 e. The van der Waals surface area contributed by atoms with E-state index in [9.17, 15) is 4.79 Å². The van der Waals surface area contributed by atoms with Crippen molar-refractivity contribution >= 4 is 5.78 Å². The molecule has 5 nitrogen and oxygen atoms in total. The predicted octanol–water partition coefficient (Wildman–Crippen LogP) is 6.27. The number of benzene rings is 2. The molecule has 5 heteroatoms. The Balaban J connectivity index is 1.58. The van der Waals surface area contributed by atoms with E-state index in [2.05, 4.69) is 73.8 Å². The van der Waals surface area contributed by atoms with Crippen LogP contribution in [0.4, 0.5) is 0 Å². The number of hydrogen-bond acceptors (Lipinski definition) is 4. The van der Waals surface area contributed by atoms with Crippen molar-refractivity contribution < 1.29 is 23.5 Å². The van der Waals surface area contributed by atoms with Crippen molar-refractivity contribution in [1.29, 1.82) is 0 Å². The van der Waals surface area contributed by atoms with E-state index >= 15 is 0 Å². The first-order chi connectivity index (χ1) is 16.8. The molecule has 0 bridgehead atoms. The fraction of sp³-hybridized carbons (Fsp3) is 0.581. The molecular weight excluding hydrogens is 450 g/mol. The van der Waals surface area contributed by atoms with E-state index in [1.54, 1.807) is 7.11 Å². The Morgan fingerprint density at radius 1 is 1.11 bits per heavy atom. The van der Waals surface area contributed by atoms with Crippen LogP contribution in [0.2, 0.25) is 0 Å². The number of aryl methyl sites for hydroxylation is 1. The van der Waals surface area contributed by atoms with E-state index in [0.717, 1.165) is 52.1 Å². The summed E-state index contributed by atoms with van der Waals surface area (Å²) < 4.78 is 18.1. The van der Waals surface area contributed by atoms with Gasteiger partial charge < -0.3 is 18.7 Å². The van der Waals surface area contributed by atoms with Gasteiger partial charge in [-0.2, -0.15) is 0 Å². The van der Waals surface area contributed by atoms with Crippen LogP contribution in [-0.4, -0.2) is 44.8 Å². The standard InChI is InChI=1S/C31H42NO4/c1-18-12-23-22(30(3,4)16-19(2)31(23,5)6)14-21(18)25(33)15-24-27-20(10-11-32(24,7)8)13-26-28(29(27)34-9)36-17-35-26/h12-14,19,24H,10-11,15-17H2,1-9H3/q+1/t19-,24+/m1/s1. The Hall–Kier alpha value is -2.53. The second kappa shape index (κ2) is 8.24. The third-order valence-corrected chi connectivity index (χ3v) is 9.60. The van der Waals surface area contributed by atoms with Crippen molar-refractivity contribution in [1.82, 2.24) is 0 Å². The molecule has 0 saturated heterocycles. The summed E-state index contributed by atoms with van der Waals surface area (Å²) in [6.07, 6.45) is 2.46. The molecule has 0 spiro atoms. The second-order valence-electron chi connectivity index (χ2n) is 13.0. The number of carbonyl (C=O) groups is 1. The monoisotopic (exact) mass is 492 g/mol. The van der Waals surface area contributed by atoms with Gasteiger partial charge in [-0.25, -0.2) is 0 Å². The number of ether oxygens (including phenoxy) is 3. The van der Waals surface area contributed by atoms with Crippen molar-refractivity contribution in [3.8, 4) is 17.2 Å². The Bertz CT molecular complexity index is 1240. The minimum Gasteiger partial charge on any atom is -0.492 e. The molecule has 2 atom stereocenters. The number of methoxy groups -OCH3 is 1. The molecule has 0 fully saturated rings. The van der Waals surface area contributed by atoms with Gasteiger partial charge >= 0.3 is 0 Å². The highest BCUT2D eigenvalue weighted by atomic mass is 16.7. The summed E-state index contributed by atoms with van der Waals surface area (Å²) >= 11 is 0. The molecule has 0 radical (unpaired) electrons. The number of rotatable bonds is 4. The van der Waals surface area contributed by atoms with Crippen molar-refractivity contribution in [2.24, 2.45) is 5.92 Å². The molecule has 5 rings (SSSR count). The third kappa shape index (κ3) is 3.73. The first kappa shape index (κ1) is 25.1. The van der Waals surface area contributed by atoms with Crippen LogP contribution >= 0.6 is 0 Å². The second-order valence-corrected chi connectivity index (χ2v) is 13.0. The number of ketones is 1. The van der Waals surface area contributed by atoms with Crippen LogP contribution in [0.5, 0.6) is 17.2 Å². The Kier molecular flexibility index (Phi) is 5.75. The van der Waals surface area contributed by atoms with Gasteiger partial charge in [0.05, 0.1) is 39.7 Å². The van der Waals surface area contributed by atoms with Crippen LogP contribution in [0.15, 0.2) is 18.2 Å². The normalized spacial score (nSPS) is 24.6. The lowest BCUT2D eigenvalue weighted by Gasteiger charge is -2.47. The first-order valence-electron chi connectivity index (χ1n) is 13.3. The molecule has 3 aliphatic rings. The molecule has 0 N–H and O–H groups in total. The summed E-state index contributed by atoms with van der Waals surface area (Å²) in [5.41, 5.74) is 7.10. The van der Waals surface area contributed by atoms with E-state index in [1.165, 1.54) is 16.7 Å². The Morgan fingerprint density at radius 2 is 1.83 bits per heavy atom. The zero-order valence-corrected chi connectivity index (χ0v) is 23.5. The van der Waals surface area contributed by atoms with Gasteiger partial charge in [0, 0.05) is 12.0 Å². The molecule has 2 aromatic carbocycles. The van der Waals surface area contributed by atoms with Gasteiger partial charge in [0.25, 0.3) is 0 Å². The number of fused-ring (bicyclic) bond motifs is 3. The molecule has 1 aliphatic carbocycles. The largest absolute Gasteiger partial charge is 0.492 e. The lowest BCUT2D eigenvalue weighted by molar-refractivity contribution is -0.922. The summed E-state index contributed by atoms with van der Waals surface area (Å²) in [6, 6.07) is 6.59. The van der Waals surface area contributed by atoms with Gasteiger partial charge in [0.2, 0.25) is 12.5 Å². The van der Waals surface area contributed by atoms with Crippen LogP contribution in [0.1, 0.15) is 91.7 Å². The van der Waals surface area contributed by atoms with E-state index in [4.69, 9.17) is 14.2 Å². The summed E-state index contributed by atoms with van der Waals surface area (Å²) in [5.74, 6) is 2.92. The van der Waals surface area contributed by atoms with E-state index in [-0.39, 0.29) is 29.4 Å². The molecule has 0 saturated carbocycles. The molecular formula is C31H42NO4+. The zero-order valence-electron chi connectivity index (χ0n) is 23.5. The van der Waals surface area contributed by atoms with Gasteiger partial charge in [0.15, 0.2) is 17.3 Å². The molecule has 0 aromatic heterocycles. The van der Waals surface area contributed by atoms with Gasteiger partial charge in [0.1, 0.15) is 6.04 Å². The summed E-state index contributed by atoms with van der Waals surface area (Å²) in [6.45, 7) is 15.0. The third-order valence-electron chi connectivity index (χ3n) is 9.60. The van der Waals surface area contributed by atoms with E-state index in [1.807, 2.05) is 0 Å². The van der Waals surface area contributed by atoms with Crippen LogP contribution in [0.3, 0.4) is 0 Å². The van der Waals surface area contributed by atoms with Crippen LogP contribution in [0.25, 0.3) is 0 Å². The van der Waals surface area contributed by atoms with Gasteiger partial charge in [-0.3, -0.25) is 4.79 Å². The summed E-state index contributed by atoms with van der Waals surface area (Å²) in [4.78, 5) is 14.1. The topological polar surface area (TPSA) is 44.8 Å². The average Bonchev–Trinajstić information content (AvgIpc) is 3.26. The molecule has 2 aliphatic heterocycles. The highest BCUT2D eigenvalue weighted by Gasteiger charge is 2.44. The molecule has 2 heterocycles. The number of quaternary nitrogens is 1. The number of Topliss-reactive ketones (excluding diaryl/α,β-unsaturated/α-hetero) is 1. The molecule has 0 amide bonds. The lowest BCUT2D eigenvalue weighted by Crippen LogP contribution is -2.48. The highest BCUT2D eigenvalue weighted by Crippen LogP contribution is 2.52. The highest BCUT2D eigenvalue weighted by molar-refractivity contribution is 5.98. The van der Waals surface area contributed by atoms with Gasteiger partial charge in [-0.05, 0) is 64.5 Å². The van der Waals surface area contributed by atoms with Gasteiger partial charge in [-0.1, -0.05) is 40.7 Å². The molecule has 2 aromatic rings. The minimum absolute atomic E-state index is 0.0226. The number of likely N-dealkylation sites (N-methyl/N-ethyl adjacent to an activating group) is 1. The van der Waals surface area contributed by atoms with Crippen LogP contribution in [0, 0.1) is 12.8 Å². The number of hydrogen-bond donors (Lipinski definition) is 0. The SMILES string of the molecule is COc1c2c(cc3c1[C@H](CC(=O)c1cc4c(cc1C)C(C)(C)[C@H](C)CC4(C)C)[N+](C)(C)CC3)OCO2. The summed E-state index contributed by atoms with van der Waals surface area (Å²) in [7, 11) is 6.12. The Morgan fingerprint density at radius 3 is 2.53 bits per heavy atom. The van der Waals surface area contributed by atoms with Gasteiger partial charge in [-0.15, -0.1) is 0 Å². The quantitative estimate of drug-likeness (QED) is 0.373. The van der Waals surface area contributed by atoms with Crippen LogP contribution in [-0.2, 0) is 17.3 Å². The van der Waals surface area contributed by atoms with Crippen molar-refractivity contribution in [3.05, 3.63) is 51.6 Å². The number of nitrogens with zero attached hydrogens (tertiary/aromatic N) is 1. The number of carbonyl (C=O) groups excluding carboxylic acids is 1. The maximum atomic E-state index is 14.1. The maximum absolute atomic E-state index is 14.1. The Labute approximate surface area is 216 Å². The fourth-order valence-electron chi connectivity index (χ4n) is 6.90. The minimum atomic E-state index is -0.0226. The molecule has 194 valence electrons. The van der Waals surface area contributed by atoms with Crippen LogP contribution < -0.4 is 14.2 Å². The molecule has 36 heavy (non-hydrogen) atoms. The van der Waals surface area contributed by atoms with Crippen molar-refractivity contribution in [2.45, 2.75) is 77.7 Å². The summed E-state index contributed by atoms with van der Waals surface area (Å²) in [5, 5.41) is 0. The van der Waals surface area contributed by atoms with Crippen molar-refractivity contribution in [3.63, 3.8) is 0 Å². The lowest BCUT2D eigenvalue weighted by atomic mass is 9.58.